The molecule has 1 radical (unpaired) electrons. The Morgan fingerprint density at radius 2 is 1.02 bits per heavy atom. The van der Waals surface area contributed by atoms with E-state index in [2.05, 4.69) is 49.8 Å². The molecule has 0 unspecified atom stereocenters. The van der Waals surface area contributed by atoms with E-state index in [-0.39, 0.29) is 30.2 Å². The zero-order chi connectivity index (χ0) is 30.3. The second kappa shape index (κ2) is 12.7. The Morgan fingerprint density at radius 1 is 0.628 bits per heavy atom. The van der Waals surface area contributed by atoms with Crippen LogP contribution in [0.15, 0.2) is 24.3 Å². The Hall–Kier alpha value is -3.93. The molecule has 221 valence electrons. The van der Waals surface area contributed by atoms with Gasteiger partial charge in [-0.2, -0.15) is 0 Å². The third kappa shape index (κ3) is 6.11. The second-order valence-corrected chi connectivity index (χ2v) is 11.2. The number of carbonyl (C=O) groups is 2. The number of hydrogen-bond acceptors (Lipinski definition) is 4. The third-order valence-electron chi connectivity index (χ3n) is 8.69. The molecule has 0 saturated heterocycles. The van der Waals surface area contributed by atoms with Crippen LogP contribution in [-0.2, 0) is 39.8 Å². The number of aryl methyl sites for hydroxylation is 4. The minimum Gasteiger partial charge on any atom is -0.481 e. The van der Waals surface area contributed by atoms with Gasteiger partial charge in [-0.3, -0.25) is 9.59 Å². The molecule has 3 aromatic heterocycles. The first-order valence-electron chi connectivity index (χ1n) is 14.6. The first-order valence-corrected chi connectivity index (χ1v) is 14.6. The number of nitrogens with one attached hydrogen (secondary N) is 2. The van der Waals surface area contributed by atoms with E-state index in [0.29, 0.717) is 24.2 Å². The quantitative estimate of drug-likeness (QED) is 0.205. The first-order chi connectivity index (χ1) is 20.0. The Morgan fingerprint density at radius 3 is 1.44 bits per heavy atom. The number of nitrogens with zero attached hydrogens (tertiary/aromatic N) is 2. The maximum absolute atomic E-state index is 11.5. The molecule has 0 fully saturated rings. The van der Waals surface area contributed by atoms with E-state index < -0.39 is 11.9 Å². The number of H-pyrrole nitrogens is 2. The number of rotatable bonds is 8. The van der Waals surface area contributed by atoms with Crippen LogP contribution in [-0.4, -0.2) is 42.1 Å². The average Bonchev–Trinajstić information content (AvgIpc) is 3.59. The predicted molar refractivity (Wildman–Crippen MR) is 168 cm³/mol. The molecule has 5 rings (SSSR count). The molecule has 0 aliphatic carbocycles. The molecule has 0 saturated carbocycles. The number of allylic oxidation sites excluding steroid dienone is 4. The van der Waals surface area contributed by atoms with Crippen molar-refractivity contribution in [3.05, 3.63) is 69.3 Å². The molecule has 2 aliphatic rings. The molecule has 0 aromatic carbocycles. The van der Waals surface area contributed by atoms with Crippen molar-refractivity contribution in [3.63, 3.8) is 0 Å². The molecule has 3 aromatic rings. The van der Waals surface area contributed by atoms with Crippen molar-refractivity contribution in [2.75, 3.05) is 0 Å². The number of aromatic nitrogens is 4. The van der Waals surface area contributed by atoms with Crippen LogP contribution < -0.4 is 0 Å². The summed E-state index contributed by atoms with van der Waals surface area (Å²) in [7, 11) is 0. The predicted octanol–water partition coefficient (Wildman–Crippen LogP) is 7.64. The molecular formula is C34H38CrN4O4+3. The van der Waals surface area contributed by atoms with Gasteiger partial charge in [-0.15, -0.1) is 0 Å². The number of carboxylic acid groups (broad SMARTS) is 2. The minimum absolute atomic E-state index is 0. The minimum atomic E-state index is -0.869. The summed E-state index contributed by atoms with van der Waals surface area (Å²) in [6.07, 6.45) is 2.37. The molecule has 8 bridgehead atoms. The fourth-order valence-corrected chi connectivity index (χ4v) is 6.22. The second-order valence-electron chi connectivity index (χ2n) is 11.2. The fourth-order valence-electron chi connectivity index (χ4n) is 6.22. The summed E-state index contributed by atoms with van der Waals surface area (Å²) in [5.74, 6) is -1.74. The van der Waals surface area contributed by atoms with Gasteiger partial charge < -0.3 is 20.2 Å². The van der Waals surface area contributed by atoms with Crippen LogP contribution in [0, 0.1) is 13.8 Å². The zero-order valence-electron chi connectivity index (χ0n) is 25.6. The van der Waals surface area contributed by atoms with E-state index in [1.54, 1.807) is 0 Å². The van der Waals surface area contributed by atoms with Crippen LogP contribution >= 0.6 is 0 Å². The summed E-state index contributed by atoms with van der Waals surface area (Å²) in [5, 5.41) is 18.9. The number of fused-ring (bicyclic) bond motifs is 8. The Labute approximate surface area is 262 Å². The maximum Gasteiger partial charge on any atom is 3.00 e. The number of aromatic amines is 2. The van der Waals surface area contributed by atoms with Crippen LogP contribution in [0.4, 0.5) is 0 Å². The van der Waals surface area contributed by atoms with Gasteiger partial charge in [-0.05, 0) is 122 Å². The molecule has 0 atom stereocenters. The van der Waals surface area contributed by atoms with E-state index in [1.165, 1.54) is 16.7 Å². The van der Waals surface area contributed by atoms with Gasteiger partial charge in [-0.1, -0.05) is 13.8 Å². The van der Waals surface area contributed by atoms with Gasteiger partial charge in [0.2, 0.25) is 0 Å². The molecule has 8 nitrogen and oxygen atoms in total. The summed E-state index contributed by atoms with van der Waals surface area (Å²) < 4.78 is 0. The number of aliphatic carboxylic acids is 2. The summed E-state index contributed by atoms with van der Waals surface area (Å²) in [6.45, 7) is 12.5. The van der Waals surface area contributed by atoms with Crippen LogP contribution in [0.1, 0.15) is 98.4 Å². The normalized spacial score (nSPS) is 13.0. The van der Waals surface area contributed by atoms with Crippen molar-refractivity contribution >= 4 is 56.3 Å². The van der Waals surface area contributed by atoms with E-state index in [9.17, 15) is 19.8 Å². The van der Waals surface area contributed by atoms with Crippen molar-refractivity contribution in [2.45, 2.75) is 80.1 Å². The van der Waals surface area contributed by atoms with Gasteiger partial charge in [0.05, 0.1) is 22.8 Å². The molecule has 4 N–H and O–H groups in total. The Bertz CT molecular complexity index is 1860. The molecule has 2 aliphatic heterocycles. The molecule has 0 amide bonds. The van der Waals surface area contributed by atoms with Crippen molar-refractivity contribution in [2.24, 2.45) is 0 Å². The Balaban J connectivity index is 0.00000423. The smallest absolute Gasteiger partial charge is 0.481 e. The zero-order valence-corrected chi connectivity index (χ0v) is 26.8. The van der Waals surface area contributed by atoms with E-state index in [0.717, 1.165) is 74.2 Å². The molecule has 0 spiro atoms. The van der Waals surface area contributed by atoms with E-state index in [4.69, 9.17) is 9.97 Å². The van der Waals surface area contributed by atoms with E-state index in [1.807, 2.05) is 26.0 Å². The number of carboxylic acids is 2. The van der Waals surface area contributed by atoms with Gasteiger partial charge in [-0.25, -0.2) is 9.97 Å². The molecule has 43 heavy (non-hydrogen) atoms. The summed E-state index contributed by atoms with van der Waals surface area (Å²) in [4.78, 5) is 40.3. The van der Waals surface area contributed by atoms with Crippen LogP contribution in [0.5, 0.6) is 0 Å². The Kier molecular flexibility index (Phi) is 9.48. The molecular weight excluding hydrogens is 580 g/mol. The molecule has 9 heteroatoms. The largest absolute Gasteiger partial charge is 3.00 e. The van der Waals surface area contributed by atoms with Gasteiger partial charge in [0, 0.05) is 34.9 Å². The van der Waals surface area contributed by atoms with Crippen molar-refractivity contribution in [3.8, 4) is 0 Å². The van der Waals surface area contributed by atoms with Crippen LogP contribution in [0.25, 0.3) is 44.4 Å². The van der Waals surface area contributed by atoms with Crippen LogP contribution in [0.3, 0.4) is 0 Å². The summed E-state index contributed by atoms with van der Waals surface area (Å²) >= 11 is 0. The topological polar surface area (TPSA) is 132 Å². The van der Waals surface area contributed by atoms with Gasteiger partial charge >= 0.3 is 29.3 Å². The third-order valence-corrected chi connectivity index (χ3v) is 8.69. The monoisotopic (exact) mass is 618 g/mol. The van der Waals surface area contributed by atoms with Gasteiger partial charge in [0.1, 0.15) is 0 Å². The van der Waals surface area contributed by atoms with Gasteiger partial charge in [0.25, 0.3) is 0 Å². The summed E-state index contributed by atoms with van der Waals surface area (Å²) in [6, 6.07) is 8.19. The van der Waals surface area contributed by atoms with E-state index >= 15 is 0 Å². The van der Waals surface area contributed by atoms with Crippen molar-refractivity contribution < 1.29 is 37.2 Å². The summed E-state index contributed by atoms with van der Waals surface area (Å²) in [5.41, 5.74) is 15.4. The number of hydrogen-bond donors (Lipinski definition) is 4. The SMILES string of the molecule is CCc1c(C)c2cc3[nH]c(cc4nc(cc5nc(cc1[nH]2)C(C)=C5CCC(=O)O)C(CCC(=O)O)=C4C)c(C)c3CC.[Cr+3]. The standard InChI is InChI=1S/C34H38N4O4.Cr/c1-7-21-17(3)25-13-26-19(5)23(9-11-33(39)40)31(37-26)16-32-24(10-12-34(41)42)20(6)28(38-32)15-30-22(8-2)18(4)27(36-30)14-29(21)35-25;/h13-16,35-36H,7-12H2,1-6H3,(H,39,40)(H,41,42);/q;+3. The van der Waals surface area contributed by atoms with Crippen molar-refractivity contribution in [1.82, 2.24) is 19.9 Å². The fraction of sp³-hybridized carbons (Fsp3) is 0.353. The maximum atomic E-state index is 11.5. The average molecular weight is 619 g/mol. The van der Waals surface area contributed by atoms with Gasteiger partial charge in [0.15, 0.2) is 0 Å². The van der Waals surface area contributed by atoms with Crippen LogP contribution in [0.2, 0.25) is 0 Å². The van der Waals surface area contributed by atoms with Crippen molar-refractivity contribution in [1.29, 1.82) is 0 Å². The first kappa shape index (κ1) is 32.0. The molecule has 5 heterocycles.